The lowest BCUT2D eigenvalue weighted by atomic mass is 9.77. The molecule has 2 atom stereocenters. The average molecular weight is 224 g/mol. The van der Waals surface area contributed by atoms with Crippen LogP contribution in [-0.4, -0.2) is 9.78 Å². The van der Waals surface area contributed by atoms with Crippen LogP contribution in [0.15, 0.2) is 12.3 Å². The quantitative estimate of drug-likeness (QED) is 0.763. The van der Waals surface area contributed by atoms with Crippen LogP contribution >= 0.6 is 0 Å². The molecule has 1 saturated carbocycles. The zero-order valence-electron chi connectivity index (χ0n) is 10.6. The van der Waals surface area contributed by atoms with E-state index in [9.17, 15) is 4.39 Å². The Labute approximate surface area is 96.8 Å². The van der Waals surface area contributed by atoms with Gasteiger partial charge >= 0.3 is 0 Å². The highest BCUT2D eigenvalue weighted by Gasteiger charge is 2.44. The van der Waals surface area contributed by atoms with Crippen LogP contribution < -0.4 is 0 Å². The smallest absolute Gasteiger partial charge is 0.211 e. The van der Waals surface area contributed by atoms with Crippen molar-refractivity contribution in [2.75, 3.05) is 0 Å². The molecule has 16 heavy (non-hydrogen) atoms. The molecule has 90 valence electrons. The minimum atomic E-state index is -0.199. The van der Waals surface area contributed by atoms with Gasteiger partial charge in [-0.2, -0.15) is 9.49 Å². The Hall–Kier alpha value is -0.860. The van der Waals surface area contributed by atoms with Crippen molar-refractivity contribution >= 4 is 0 Å². The SMILES string of the molecule is CC(C)C(C)(C)CC1CC1n1nccc1F. The summed E-state index contributed by atoms with van der Waals surface area (Å²) in [5, 5.41) is 4.04. The molecule has 1 aromatic rings. The van der Waals surface area contributed by atoms with E-state index < -0.39 is 0 Å². The molecule has 1 fully saturated rings. The van der Waals surface area contributed by atoms with Crippen molar-refractivity contribution in [3.63, 3.8) is 0 Å². The predicted molar refractivity (Wildman–Crippen MR) is 62.6 cm³/mol. The van der Waals surface area contributed by atoms with Gasteiger partial charge in [-0.05, 0) is 30.1 Å². The van der Waals surface area contributed by atoms with Crippen LogP contribution in [0.25, 0.3) is 0 Å². The molecule has 0 bridgehead atoms. The molecule has 0 radical (unpaired) electrons. The zero-order valence-corrected chi connectivity index (χ0v) is 10.6. The van der Waals surface area contributed by atoms with Crippen LogP contribution in [0.3, 0.4) is 0 Å². The van der Waals surface area contributed by atoms with E-state index in [4.69, 9.17) is 0 Å². The molecule has 2 rings (SSSR count). The molecule has 3 heteroatoms. The van der Waals surface area contributed by atoms with Crippen molar-refractivity contribution in [2.45, 2.75) is 46.6 Å². The second-order valence-corrected chi connectivity index (χ2v) is 6.01. The Balaban J connectivity index is 1.96. The highest BCUT2D eigenvalue weighted by atomic mass is 19.1. The highest BCUT2D eigenvalue weighted by molar-refractivity contribution is 4.98. The van der Waals surface area contributed by atoms with Crippen molar-refractivity contribution in [3.05, 3.63) is 18.2 Å². The Kier molecular flexibility index (Phi) is 2.81. The first-order valence-electron chi connectivity index (χ1n) is 6.11. The summed E-state index contributed by atoms with van der Waals surface area (Å²) in [7, 11) is 0. The third-order valence-corrected chi connectivity index (χ3v) is 4.17. The van der Waals surface area contributed by atoms with Gasteiger partial charge < -0.3 is 0 Å². The van der Waals surface area contributed by atoms with Gasteiger partial charge in [0.1, 0.15) is 0 Å². The van der Waals surface area contributed by atoms with E-state index in [-0.39, 0.29) is 5.95 Å². The lowest BCUT2D eigenvalue weighted by molar-refractivity contribution is 0.210. The Morgan fingerprint density at radius 1 is 1.56 bits per heavy atom. The highest BCUT2D eigenvalue weighted by Crippen LogP contribution is 2.51. The molecule has 0 aromatic carbocycles. The molecule has 2 nitrogen and oxygen atoms in total. The van der Waals surface area contributed by atoms with E-state index in [2.05, 4.69) is 32.8 Å². The fraction of sp³-hybridized carbons (Fsp3) is 0.769. The van der Waals surface area contributed by atoms with Gasteiger partial charge in [0.25, 0.3) is 0 Å². The van der Waals surface area contributed by atoms with Gasteiger partial charge in [-0.3, -0.25) is 0 Å². The number of nitrogens with zero attached hydrogens (tertiary/aromatic N) is 2. The van der Waals surface area contributed by atoms with Gasteiger partial charge in [-0.15, -0.1) is 0 Å². The van der Waals surface area contributed by atoms with Crippen molar-refractivity contribution in [3.8, 4) is 0 Å². The van der Waals surface area contributed by atoms with Crippen molar-refractivity contribution in [1.82, 2.24) is 9.78 Å². The third kappa shape index (κ3) is 2.13. The maximum absolute atomic E-state index is 13.3. The van der Waals surface area contributed by atoms with Crippen molar-refractivity contribution in [2.24, 2.45) is 17.3 Å². The average Bonchev–Trinajstić information content (AvgIpc) is 2.77. The summed E-state index contributed by atoms with van der Waals surface area (Å²) < 4.78 is 14.8. The molecule has 0 aliphatic heterocycles. The molecule has 1 aliphatic carbocycles. The summed E-state index contributed by atoms with van der Waals surface area (Å²) in [6.07, 6.45) is 3.78. The first-order valence-corrected chi connectivity index (χ1v) is 6.11. The van der Waals surface area contributed by atoms with Crippen LogP contribution in [0, 0.1) is 23.2 Å². The Morgan fingerprint density at radius 2 is 2.25 bits per heavy atom. The van der Waals surface area contributed by atoms with E-state index in [1.54, 1.807) is 4.68 Å². The number of rotatable bonds is 4. The largest absolute Gasteiger partial charge is 0.236 e. The molecule has 1 aromatic heterocycles. The third-order valence-electron chi connectivity index (χ3n) is 4.17. The molecule has 2 unspecified atom stereocenters. The van der Waals surface area contributed by atoms with E-state index in [0.717, 1.165) is 12.8 Å². The fourth-order valence-electron chi connectivity index (χ4n) is 2.20. The van der Waals surface area contributed by atoms with Gasteiger partial charge in [0.2, 0.25) is 5.95 Å². The zero-order chi connectivity index (χ0) is 11.9. The number of halogens is 1. The minimum absolute atomic E-state index is 0.199. The van der Waals surface area contributed by atoms with Gasteiger partial charge in [0, 0.05) is 6.07 Å². The van der Waals surface area contributed by atoms with E-state index in [0.29, 0.717) is 23.3 Å². The van der Waals surface area contributed by atoms with Crippen LogP contribution in [0.4, 0.5) is 4.39 Å². The van der Waals surface area contributed by atoms with Crippen LogP contribution in [0.2, 0.25) is 0 Å². The van der Waals surface area contributed by atoms with E-state index >= 15 is 0 Å². The maximum Gasteiger partial charge on any atom is 0.211 e. The normalized spacial score (nSPS) is 25.1. The van der Waals surface area contributed by atoms with Crippen LogP contribution in [0.5, 0.6) is 0 Å². The second kappa shape index (κ2) is 3.86. The lowest BCUT2D eigenvalue weighted by Gasteiger charge is -2.29. The van der Waals surface area contributed by atoms with E-state index in [1.165, 1.54) is 12.3 Å². The summed E-state index contributed by atoms with van der Waals surface area (Å²) in [6.45, 7) is 9.11. The Bertz CT molecular complexity index is 368. The molecule has 0 spiro atoms. The molecular formula is C13H21FN2. The number of hydrogen-bond acceptors (Lipinski definition) is 1. The van der Waals surface area contributed by atoms with Gasteiger partial charge in [0.15, 0.2) is 0 Å². The summed E-state index contributed by atoms with van der Waals surface area (Å²) in [5.74, 6) is 1.07. The van der Waals surface area contributed by atoms with Gasteiger partial charge in [-0.25, -0.2) is 4.68 Å². The fourth-order valence-corrected chi connectivity index (χ4v) is 2.20. The monoisotopic (exact) mass is 224 g/mol. The molecule has 0 saturated heterocycles. The minimum Gasteiger partial charge on any atom is -0.236 e. The standard InChI is InChI=1S/C13H21FN2/c1-9(2)13(3,4)8-10-7-11(10)16-12(14)5-6-15-16/h5-6,9-11H,7-8H2,1-4H3. The first kappa shape index (κ1) is 11.6. The molecule has 1 aliphatic rings. The molecule has 0 amide bonds. The van der Waals surface area contributed by atoms with Crippen LogP contribution in [0.1, 0.15) is 46.6 Å². The van der Waals surface area contributed by atoms with Crippen molar-refractivity contribution in [1.29, 1.82) is 0 Å². The summed E-state index contributed by atoms with van der Waals surface area (Å²) in [4.78, 5) is 0. The lowest BCUT2D eigenvalue weighted by Crippen LogP contribution is -2.20. The predicted octanol–water partition coefficient (Wildman–Crippen LogP) is 3.66. The van der Waals surface area contributed by atoms with E-state index in [1.807, 2.05) is 0 Å². The summed E-state index contributed by atoms with van der Waals surface area (Å²) >= 11 is 0. The Morgan fingerprint density at radius 3 is 2.75 bits per heavy atom. The molecule has 0 N–H and O–H groups in total. The number of aromatic nitrogens is 2. The summed E-state index contributed by atoms with van der Waals surface area (Å²) in [6, 6.07) is 1.73. The van der Waals surface area contributed by atoms with Crippen molar-refractivity contribution < 1.29 is 4.39 Å². The molecular weight excluding hydrogens is 203 g/mol. The van der Waals surface area contributed by atoms with Crippen LogP contribution in [-0.2, 0) is 0 Å². The molecule has 1 heterocycles. The maximum atomic E-state index is 13.3. The number of hydrogen-bond donors (Lipinski definition) is 0. The van der Waals surface area contributed by atoms with Gasteiger partial charge in [0.05, 0.1) is 12.2 Å². The second-order valence-electron chi connectivity index (χ2n) is 6.01. The first-order chi connectivity index (χ1) is 7.42. The van der Waals surface area contributed by atoms with Gasteiger partial charge in [-0.1, -0.05) is 27.7 Å². The topological polar surface area (TPSA) is 17.8 Å². The summed E-state index contributed by atoms with van der Waals surface area (Å²) in [5.41, 5.74) is 0.336.